The number of hydrogen-bond acceptors (Lipinski definition) is 27. The Morgan fingerprint density at radius 1 is 0.472 bits per heavy atom. The molecule has 5 N–H and O–H groups in total. The summed E-state index contributed by atoms with van der Waals surface area (Å²) < 4.78 is 48.3. The van der Waals surface area contributed by atoms with E-state index in [9.17, 15) is 12.6 Å². The maximum absolute atomic E-state index is 11.7. The molecule has 11 aromatic heterocycles. The minimum absolute atomic E-state index is 0. The lowest BCUT2D eigenvalue weighted by Gasteiger charge is -2.29. The highest BCUT2D eigenvalue weighted by Gasteiger charge is 2.47. The minimum Gasteiger partial charge on any atom is -1.00 e. The number of hydrogen-bond donors (Lipinski definition) is 5. The van der Waals surface area contributed by atoms with Gasteiger partial charge in [-0.3, -0.25) is 4.21 Å². The summed E-state index contributed by atoms with van der Waals surface area (Å²) in [6.45, 7) is 25.6. The molecule has 0 bridgehead atoms. The van der Waals surface area contributed by atoms with Crippen molar-refractivity contribution in [2.45, 2.75) is 153 Å². The predicted octanol–water partition coefficient (Wildman–Crippen LogP) is 14.2. The quantitative estimate of drug-likeness (QED) is 0.0209. The van der Waals surface area contributed by atoms with Crippen molar-refractivity contribution in [3.05, 3.63) is 190 Å². The van der Waals surface area contributed by atoms with Gasteiger partial charge in [-0.05, 0) is 191 Å². The number of fused-ring (bicyclic) bond motifs is 12. The maximum atomic E-state index is 11.7. The van der Waals surface area contributed by atoms with Crippen LogP contribution in [0, 0.1) is 0 Å². The first kappa shape index (κ1) is 95.4. The van der Waals surface area contributed by atoms with E-state index in [1.165, 1.54) is 49.9 Å². The number of anilines is 8. The van der Waals surface area contributed by atoms with E-state index in [1.807, 2.05) is 135 Å². The SMILES string of the molecule is C.CC(C)n1cnc2ccc3cnc(CS)nc3c21.CC(C)n1cnc2ccc3cnc(Nc4ccc(N5CCCCC5)cn4)nc3c21.CC(C)n1cnc2ccc3cnc(Nc4ccc(N5CCNCC5)cn4)nc3c21.CC(C)n1cnc2ccc3cnc(S(C)=O)nc3c21.Cl.Cl.Nc1ccc(N2CCCCC2)cn1.O=S(=O)(c1ccccc1)[C@H]1O[C@@H]1P.[I-]. The van der Waals surface area contributed by atoms with Crippen LogP contribution in [0.5, 0.6) is 0 Å². The largest absolute Gasteiger partial charge is 1.00 e. The van der Waals surface area contributed by atoms with Gasteiger partial charge in [0.15, 0.2) is 5.44 Å². The van der Waals surface area contributed by atoms with Gasteiger partial charge in [0.1, 0.15) is 45.7 Å². The van der Waals surface area contributed by atoms with E-state index < -0.39 is 26.1 Å². The Balaban J connectivity index is 0.000000149. The molecule has 0 spiro atoms. The molecule has 658 valence electrons. The molecule has 4 aliphatic rings. The van der Waals surface area contributed by atoms with Crippen LogP contribution in [0.1, 0.15) is 131 Å². The molecule has 20 rings (SSSR count). The summed E-state index contributed by atoms with van der Waals surface area (Å²) in [5, 5.41) is 14.2. The Bertz CT molecular complexity index is 6240. The van der Waals surface area contributed by atoms with Crippen molar-refractivity contribution >= 4 is 201 Å². The van der Waals surface area contributed by atoms with Crippen LogP contribution in [0.4, 0.5) is 46.4 Å². The summed E-state index contributed by atoms with van der Waals surface area (Å²) in [4.78, 5) is 74.5. The number of imidazole rings is 4. The number of halogens is 3. The van der Waals surface area contributed by atoms with Crippen LogP contribution in [0.15, 0.2) is 194 Å². The highest BCUT2D eigenvalue weighted by atomic mass is 127. The average molecular weight is 1920 g/mol. The fourth-order valence-electron chi connectivity index (χ4n) is 14.8. The van der Waals surface area contributed by atoms with E-state index in [4.69, 9.17) is 20.4 Å². The topological polar surface area (TPSA) is 349 Å². The lowest BCUT2D eigenvalue weighted by atomic mass is 10.1. The Hall–Kier alpha value is -10.3. The molecule has 4 aliphatic heterocycles. The Morgan fingerprint density at radius 2 is 0.840 bits per heavy atom. The van der Waals surface area contributed by atoms with E-state index in [2.05, 4.69) is 203 Å². The molecule has 125 heavy (non-hydrogen) atoms. The molecule has 0 saturated carbocycles. The summed E-state index contributed by atoms with van der Waals surface area (Å²) >= 11 is 4.23. The molecule has 2 unspecified atom stereocenters. The van der Waals surface area contributed by atoms with Crippen molar-refractivity contribution in [1.82, 2.24) is 98.3 Å². The number of nitrogens with zero attached hydrogens (tertiary/aromatic N) is 22. The third kappa shape index (κ3) is 22.4. The third-order valence-electron chi connectivity index (χ3n) is 21.3. The molecule has 0 aliphatic carbocycles. The Morgan fingerprint density at radius 3 is 1.20 bits per heavy atom. The second-order valence-electron chi connectivity index (χ2n) is 31.1. The summed E-state index contributed by atoms with van der Waals surface area (Å²) in [6.07, 6.45) is 29.8. The van der Waals surface area contributed by atoms with Gasteiger partial charge < -0.3 is 83.4 Å². The van der Waals surface area contributed by atoms with E-state index in [0.717, 1.165) is 163 Å². The van der Waals surface area contributed by atoms with E-state index in [-0.39, 0.29) is 62.1 Å². The second kappa shape index (κ2) is 43.3. The first-order valence-corrected chi connectivity index (χ1v) is 45.3. The normalized spacial score (nSPS) is 15.2. The number of pyridine rings is 3. The van der Waals surface area contributed by atoms with Gasteiger partial charge in [0, 0.05) is 129 Å². The predicted molar refractivity (Wildman–Crippen MR) is 512 cm³/mol. The molecule has 4 fully saturated rings. The van der Waals surface area contributed by atoms with E-state index >= 15 is 0 Å². The number of ether oxygens (including phenoxy) is 1. The van der Waals surface area contributed by atoms with Crippen LogP contribution in [-0.4, -0.2) is 176 Å². The minimum atomic E-state index is -3.26. The van der Waals surface area contributed by atoms with Gasteiger partial charge in [-0.1, -0.05) is 25.6 Å². The van der Waals surface area contributed by atoms with Gasteiger partial charge in [-0.2, -0.15) is 12.6 Å². The second-order valence-corrected chi connectivity index (χ2v) is 35.3. The summed E-state index contributed by atoms with van der Waals surface area (Å²) in [7, 11) is -2.10. The maximum Gasteiger partial charge on any atom is 0.228 e. The summed E-state index contributed by atoms with van der Waals surface area (Å²) in [6, 6.07) is 37.7. The zero-order valence-corrected chi connectivity index (χ0v) is 77.9. The number of aromatic nitrogens is 19. The summed E-state index contributed by atoms with van der Waals surface area (Å²) in [5.74, 6) is 4.19. The highest BCUT2D eigenvalue weighted by Crippen LogP contribution is 2.37. The average Bonchev–Trinajstić information content (AvgIpc) is 1.76. The van der Waals surface area contributed by atoms with Crippen LogP contribution in [0.3, 0.4) is 0 Å². The Labute approximate surface area is 767 Å². The number of sulfone groups is 1. The first-order chi connectivity index (χ1) is 58.6. The fourth-order valence-corrected chi connectivity index (χ4v) is 17.7. The smallest absolute Gasteiger partial charge is 0.228 e. The first-order valence-electron chi connectivity index (χ1n) is 40.9. The van der Waals surface area contributed by atoms with E-state index in [1.54, 1.807) is 42.8 Å². The molecule has 0 amide bonds. The number of piperidine rings is 2. The zero-order chi connectivity index (χ0) is 84.4. The van der Waals surface area contributed by atoms with Crippen LogP contribution in [0.2, 0.25) is 0 Å². The number of benzene rings is 5. The molecule has 4 saturated heterocycles. The van der Waals surface area contributed by atoms with Gasteiger partial charge >= 0.3 is 0 Å². The highest BCUT2D eigenvalue weighted by molar-refractivity contribution is 7.92. The fraction of sp³-hybridized carbons (Fsp3) is 0.352. The molecule has 37 heteroatoms. The number of piperazine rings is 1. The van der Waals surface area contributed by atoms with Gasteiger partial charge in [-0.25, -0.2) is 83.2 Å². The number of nitrogens with one attached hydrogen (secondary N) is 3. The van der Waals surface area contributed by atoms with Crippen molar-refractivity contribution in [1.29, 1.82) is 0 Å². The summed E-state index contributed by atoms with van der Waals surface area (Å²) in [5.41, 5.74) is 19.8. The molecular weight excluding hydrogens is 1810 g/mol. The van der Waals surface area contributed by atoms with Crippen LogP contribution < -0.4 is 60.4 Å². The molecular formula is C88H107Cl2IN26O4PS3-. The van der Waals surface area contributed by atoms with Crippen LogP contribution in [0.25, 0.3) is 87.7 Å². The molecule has 4 atom stereocenters. The monoisotopic (exact) mass is 1920 g/mol. The van der Waals surface area contributed by atoms with Gasteiger partial charge in [0.2, 0.25) is 26.9 Å². The van der Waals surface area contributed by atoms with Gasteiger partial charge in [-0.15, -0.1) is 34.1 Å². The number of nitrogen functional groups attached to an aromatic ring is 1. The van der Waals surface area contributed by atoms with Crippen molar-refractivity contribution in [3.8, 4) is 0 Å². The number of nitrogens with two attached hydrogens (primary N) is 1. The number of thiol groups is 1. The van der Waals surface area contributed by atoms with Gasteiger partial charge in [0.25, 0.3) is 0 Å². The van der Waals surface area contributed by atoms with Crippen LogP contribution in [-0.2, 0) is 31.1 Å². The van der Waals surface area contributed by atoms with Crippen molar-refractivity contribution < 1.29 is 41.3 Å². The molecule has 30 nitrogen and oxygen atoms in total. The molecule has 15 heterocycles. The number of epoxide rings is 1. The number of rotatable bonds is 15. The van der Waals surface area contributed by atoms with E-state index in [0.29, 0.717) is 57.7 Å². The zero-order valence-electron chi connectivity index (χ0n) is 70.5. The van der Waals surface area contributed by atoms with Crippen molar-refractivity contribution in [2.24, 2.45) is 0 Å². The molecule has 0 radical (unpaired) electrons. The molecule has 5 aromatic carbocycles. The van der Waals surface area contributed by atoms with Gasteiger partial charge in [0.05, 0.1) is 132 Å². The Kier molecular flexibility index (Phi) is 33.0. The third-order valence-corrected chi connectivity index (χ3v) is 25.0. The lowest BCUT2D eigenvalue weighted by molar-refractivity contribution is -0.0000297. The standard InChI is InChI=1S/C22H25N7.C21H24N8.C13H14N4OS.C13H14N4S.C10H15N3.C8H9O3PS.CH4.2ClH.HI/c1-15(2)29-14-25-18-8-6-16-12-24-22(27-20(16)21(18)29)26-19-9-7-17(13-23-19)28-10-4-3-5-11-28;1-14(2)29-13-25-17-5-3-15-11-24-21(27-19(15)20(17)29)26-18-6-4-16(12-23-18)28-9-7-22-8-10-28;1-8(2)17-7-15-10-5-4-9-6-14-13(19(3)18)16-11(9)12(10)17;1-8(2)17-7-15-10-4-3-9-5-14-11(6-18)16-12(9)13(10)17;11-10-5-4-9(8-12-10)13-6-2-1-3-7-13;9-13(10,8-7(12)11-8)6-4-2-1-3-5-6;;;;/h6-9,12-15H,3-5,10-11H2,1-2H3,(H,23,24,26,27);3-6,11-14,22H,7-10H2,1-2H3,(H,23,24,26,27);4-8H,1-3H3;3-5,7-8,18H,6H2,1-2H3;4-5,8H,1-3,6-7H2,(H2,11,12);1-5,7-8H,12H2;1H4;3*1H/p-1/t;;;;;7-,8-;;;;/m.....1..../s1. The van der Waals surface area contributed by atoms with Crippen molar-refractivity contribution in [3.63, 3.8) is 0 Å². The van der Waals surface area contributed by atoms with Crippen molar-refractivity contribution in [2.75, 3.05) is 89.7 Å². The lowest BCUT2D eigenvalue weighted by Crippen LogP contribution is -3.00. The molecule has 16 aromatic rings. The van der Waals surface area contributed by atoms with Crippen LogP contribution >= 0.6 is 46.7 Å².